The molecule has 0 bridgehead atoms. The molecule has 0 spiro atoms. The Labute approximate surface area is 150 Å². The fourth-order valence-electron chi connectivity index (χ4n) is 3.10. The molecule has 3 rings (SSSR count). The van der Waals surface area contributed by atoms with Crippen LogP contribution in [0.25, 0.3) is 11.2 Å². The van der Waals surface area contributed by atoms with E-state index in [9.17, 15) is 9.59 Å². The lowest BCUT2D eigenvalue weighted by Gasteiger charge is -2.13. The highest BCUT2D eigenvalue weighted by atomic mass is 16.3. The Kier molecular flexibility index (Phi) is 4.69. The van der Waals surface area contributed by atoms with Gasteiger partial charge in [0.2, 0.25) is 5.95 Å². The number of nitrogens with one attached hydrogen (secondary N) is 1. The predicted molar refractivity (Wildman–Crippen MR) is 101 cm³/mol. The lowest BCUT2D eigenvalue weighted by Crippen LogP contribution is -2.37. The number of anilines is 1. The molecule has 3 aromatic rings. The lowest BCUT2D eigenvalue weighted by molar-refractivity contribution is 0.310. The Hall–Kier alpha value is -2.87. The number of aliphatic hydroxyl groups excluding tert-OH is 1. The quantitative estimate of drug-likeness (QED) is 0.694. The van der Waals surface area contributed by atoms with E-state index in [0.29, 0.717) is 30.2 Å². The number of aliphatic hydroxyl groups is 1. The highest BCUT2D eigenvalue weighted by molar-refractivity contribution is 5.74. The number of aromatic nitrogens is 4. The van der Waals surface area contributed by atoms with Crippen molar-refractivity contribution in [1.29, 1.82) is 0 Å². The summed E-state index contributed by atoms with van der Waals surface area (Å²) < 4.78 is 4.21. The maximum Gasteiger partial charge on any atom is 0.332 e. The molecule has 0 atom stereocenters. The van der Waals surface area contributed by atoms with Crippen molar-refractivity contribution in [3.05, 3.63) is 55.7 Å². The van der Waals surface area contributed by atoms with Gasteiger partial charge in [-0.05, 0) is 25.0 Å². The first-order chi connectivity index (χ1) is 12.3. The van der Waals surface area contributed by atoms with Gasteiger partial charge in [0.25, 0.3) is 5.56 Å². The van der Waals surface area contributed by atoms with Crippen LogP contribution in [-0.4, -0.2) is 36.9 Å². The van der Waals surface area contributed by atoms with Crippen molar-refractivity contribution in [3.8, 4) is 0 Å². The summed E-state index contributed by atoms with van der Waals surface area (Å²) in [6, 6.07) is 6.14. The predicted octanol–water partition coefficient (Wildman–Crippen LogP) is 0.503. The largest absolute Gasteiger partial charge is 0.395 e. The molecule has 2 aromatic heterocycles. The number of rotatable bonds is 5. The van der Waals surface area contributed by atoms with Crippen LogP contribution in [0.3, 0.4) is 0 Å². The van der Waals surface area contributed by atoms with Gasteiger partial charge in [0.1, 0.15) is 0 Å². The fourth-order valence-corrected chi connectivity index (χ4v) is 3.10. The Morgan fingerprint density at radius 1 is 1.15 bits per heavy atom. The Balaban J connectivity index is 2.27. The van der Waals surface area contributed by atoms with E-state index >= 15 is 0 Å². The zero-order valence-electron chi connectivity index (χ0n) is 15.4. The fraction of sp³-hybridized carbons (Fsp3) is 0.389. The lowest BCUT2D eigenvalue weighted by atomic mass is 10.1. The van der Waals surface area contributed by atoms with Gasteiger partial charge >= 0.3 is 5.69 Å². The highest BCUT2D eigenvalue weighted by Gasteiger charge is 2.19. The summed E-state index contributed by atoms with van der Waals surface area (Å²) in [7, 11) is 3.05. The molecule has 0 fully saturated rings. The first-order valence-corrected chi connectivity index (χ1v) is 8.42. The van der Waals surface area contributed by atoms with Gasteiger partial charge in [-0.3, -0.25) is 18.5 Å². The minimum absolute atomic E-state index is 0.0658. The van der Waals surface area contributed by atoms with Crippen LogP contribution >= 0.6 is 0 Å². The van der Waals surface area contributed by atoms with E-state index in [4.69, 9.17) is 5.11 Å². The summed E-state index contributed by atoms with van der Waals surface area (Å²) in [5.41, 5.74) is 3.20. The molecule has 0 saturated carbocycles. The van der Waals surface area contributed by atoms with Gasteiger partial charge in [-0.15, -0.1) is 0 Å². The zero-order chi connectivity index (χ0) is 19.0. The van der Waals surface area contributed by atoms with E-state index in [1.54, 1.807) is 11.6 Å². The van der Waals surface area contributed by atoms with E-state index < -0.39 is 11.2 Å². The first-order valence-electron chi connectivity index (χ1n) is 8.42. The van der Waals surface area contributed by atoms with Gasteiger partial charge in [0.15, 0.2) is 11.2 Å². The number of benzene rings is 1. The molecular weight excluding hydrogens is 334 g/mol. The monoisotopic (exact) mass is 357 g/mol. The van der Waals surface area contributed by atoms with Crippen molar-refractivity contribution in [2.24, 2.45) is 14.1 Å². The average Bonchev–Trinajstić information content (AvgIpc) is 2.97. The number of aryl methyl sites for hydroxylation is 3. The summed E-state index contributed by atoms with van der Waals surface area (Å²) >= 11 is 0. The molecule has 2 N–H and O–H groups in total. The number of nitrogens with zero attached hydrogens (tertiary/aromatic N) is 4. The maximum atomic E-state index is 12.8. The zero-order valence-corrected chi connectivity index (χ0v) is 15.4. The Bertz CT molecular complexity index is 1090. The van der Waals surface area contributed by atoms with Gasteiger partial charge in [0, 0.05) is 20.6 Å². The van der Waals surface area contributed by atoms with E-state index in [1.165, 1.54) is 17.2 Å². The van der Waals surface area contributed by atoms with Crippen molar-refractivity contribution in [3.63, 3.8) is 0 Å². The molecule has 8 nitrogen and oxygen atoms in total. The van der Waals surface area contributed by atoms with E-state index in [2.05, 4.69) is 16.4 Å². The van der Waals surface area contributed by atoms with Gasteiger partial charge in [-0.1, -0.05) is 23.8 Å². The van der Waals surface area contributed by atoms with Crippen LogP contribution in [0.15, 0.2) is 27.8 Å². The normalized spacial score (nSPS) is 11.3. The summed E-state index contributed by atoms with van der Waals surface area (Å²) in [6.07, 6.45) is 0. The van der Waals surface area contributed by atoms with E-state index in [-0.39, 0.29) is 6.61 Å². The van der Waals surface area contributed by atoms with Crippen LogP contribution in [0.5, 0.6) is 0 Å². The number of hydrogen-bond donors (Lipinski definition) is 2. The molecule has 26 heavy (non-hydrogen) atoms. The minimum atomic E-state index is -0.424. The van der Waals surface area contributed by atoms with Crippen LogP contribution < -0.4 is 16.6 Å². The van der Waals surface area contributed by atoms with Crippen LogP contribution in [0.1, 0.15) is 16.7 Å². The third-order valence-corrected chi connectivity index (χ3v) is 4.57. The van der Waals surface area contributed by atoms with Gasteiger partial charge in [-0.2, -0.15) is 4.98 Å². The molecule has 0 aliphatic carbocycles. The molecule has 138 valence electrons. The van der Waals surface area contributed by atoms with Crippen LogP contribution in [-0.2, 0) is 20.6 Å². The van der Waals surface area contributed by atoms with E-state index in [1.807, 2.05) is 26.0 Å². The van der Waals surface area contributed by atoms with E-state index in [0.717, 1.165) is 15.7 Å². The molecule has 0 radical (unpaired) electrons. The molecular formula is C18H23N5O3. The first kappa shape index (κ1) is 17.9. The van der Waals surface area contributed by atoms with Crippen LogP contribution in [0, 0.1) is 13.8 Å². The molecule has 0 aliphatic heterocycles. The van der Waals surface area contributed by atoms with Crippen molar-refractivity contribution in [1.82, 2.24) is 18.7 Å². The molecule has 0 unspecified atom stereocenters. The SMILES string of the molecule is Cc1ccc(Cn2c(NCCO)nc3c2c(=O)n(C)c(=O)n3C)c(C)c1. The smallest absolute Gasteiger partial charge is 0.332 e. The van der Waals surface area contributed by atoms with Crippen LogP contribution in [0.2, 0.25) is 0 Å². The standard InChI is InChI=1S/C18H23N5O3/c1-11-5-6-13(12(2)9-11)10-23-14-15(20-17(23)19-7-8-24)21(3)18(26)22(4)16(14)25/h5-6,9,24H,7-8,10H2,1-4H3,(H,19,20). The number of hydrogen-bond acceptors (Lipinski definition) is 5. The summed E-state index contributed by atoms with van der Waals surface area (Å²) in [4.78, 5) is 29.4. The summed E-state index contributed by atoms with van der Waals surface area (Å²) in [5.74, 6) is 0.451. The molecule has 2 heterocycles. The topological polar surface area (TPSA) is 94.1 Å². The summed E-state index contributed by atoms with van der Waals surface area (Å²) in [5, 5.41) is 12.2. The molecule has 0 aliphatic rings. The Morgan fingerprint density at radius 3 is 2.54 bits per heavy atom. The van der Waals surface area contributed by atoms with Gasteiger partial charge < -0.3 is 10.4 Å². The third kappa shape index (κ3) is 2.92. The Morgan fingerprint density at radius 2 is 1.88 bits per heavy atom. The summed E-state index contributed by atoms with van der Waals surface area (Å²) in [6.45, 7) is 4.72. The maximum absolute atomic E-state index is 12.8. The number of imidazole rings is 1. The van der Waals surface area contributed by atoms with Gasteiger partial charge in [-0.25, -0.2) is 4.79 Å². The molecule has 0 saturated heterocycles. The second-order valence-electron chi connectivity index (χ2n) is 6.48. The third-order valence-electron chi connectivity index (χ3n) is 4.57. The van der Waals surface area contributed by atoms with Crippen molar-refractivity contribution < 1.29 is 5.11 Å². The van der Waals surface area contributed by atoms with Crippen LogP contribution in [0.4, 0.5) is 5.95 Å². The van der Waals surface area contributed by atoms with Crippen molar-refractivity contribution in [2.75, 3.05) is 18.5 Å². The molecule has 0 amide bonds. The highest BCUT2D eigenvalue weighted by Crippen LogP contribution is 2.20. The molecule has 8 heteroatoms. The number of fused-ring (bicyclic) bond motifs is 1. The molecule has 1 aromatic carbocycles. The average molecular weight is 357 g/mol. The second-order valence-corrected chi connectivity index (χ2v) is 6.48. The van der Waals surface area contributed by atoms with Crippen molar-refractivity contribution in [2.45, 2.75) is 20.4 Å². The van der Waals surface area contributed by atoms with Gasteiger partial charge in [0.05, 0.1) is 13.2 Å². The minimum Gasteiger partial charge on any atom is -0.395 e. The second kappa shape index (κ2) is 6.80. The van der Waals surface area contributed by atoms with Crippen molar-refractivity contribution >= 4 is 17.1 Å².